The smallest absolute Gasteiger partial charge is 0.337 e. The minimum atomic E-state index is -3.30. The lowest BCUT2D eigenvalue weighted by Crippen LogP contribution is -2.37. The van der Waals surface area contributed by atoms with E-state index in [1.54, 1.807) is 39.8 Å². The van der Waals surface area contributed by atoms with Crippen molar-refractivity contribution in [1.29, 1.82) is 0 Å². The van der Waals surface area contributed by atoms with Gasteiger partial charge in [-0.25, -0.2) is 18.0 Å². The second kappa shape index (κ2) is 8.67. The van der Waals surface area contributed by atoms with E-state index in [-0.39, 0.29) is 24.1 Å². The topological polar surface area (TPSA) is 93.2 Å². The maximum atomic E-state index is 13.5. The van der Waals surface area contributed by atoms with Gasteiger partial charge in [0.2, 0.25) is 0 Å². The van der Waals surface area contributed by atoms with E-state index in [1.807, 2.05) is 30.5 Å². The van der Waals surface area contributed by atoms with Crippen molar-refractivity contribution in [1.82, 2.24) is 4.90 Å². The maximum Gasteiger partial charge on any atom is 0.337 e. The van der Waals surface area contributed by atoms with E-state index in [1.165, 1.54) is 14.2 Å². The number of sulfone groups is 1. The van der Waals surface area contributed by atoms with E-state index in [4.69, 9.17) is 9.47 Å². The van der Waals surface area contributed by atoms with Crippen LogP contribution >= 0.6 is 11.8 Å². The molecular weight excluding hydrogens is 452 g/mol. The van der Waals surface area contributed by atoms with E-state index in [0.29, 0.717) is 22.6 Å². The summed E-state index contributed by atoms with van der Waals surface area (Å²) in [6.45, 7) is 0.113. The van der Waals surface area contributed by atoms with E-state index in [2.05, 4.69) is 0 Å². The fraction of sp³-hybridized carbons (Fsp3) is 0.364. The van der Waals surface area contributed by atoms with Crippen LogP contribution < -0.4 is 9.64 Å². The zero-order valence-corrected chi connectivity index (χ0v) is 19.6. The van der Waals surface area contributed by atoms with Gasteiger partial charge in [0.25, 0.3) is 0 Å². The number of amides is 2. The number of carbonyl (C=O) groups is 2. The van der Waals surface area contributed by atoms with Gasteiger partial charge in [0.05, 0.1) is 49.9 Å². The van der Waals surface area contributed by atoms with Gasteiger partial charge in [-0.3, -0.25) is 4.90 Å². The molecule has 10 heteroatoms. The normalized spacial score (nSPS) is 21.5. The number of hydrogen-bond donors (Lipinski definition) is 0. The second-order valence-electron chi connectivity index (χ2n) is 7.71. The van der Waals surface area contributed by atoms with Gasteiger partial charge in [-0.2, -0.15) is 0 Å². The molecule has 0 unspecified atom stereocenters. The van der Waals surface area contributed by atoms with E-state index in [0.717, 1.165) is 4.90 Å². The Balaban J connectivity index is 1.73. The van der Waals surface area contributed by atoms with Crippen LogP contribution in [0.25, 0.3) is 0 Å². The first kappa shape index (κ1) is 22.5. The van der Waals surface area contributed by atoms with Gasteiger partial charge in [0.1, 0.15) is 5.75 Å². The number of anilines is 1. The first-order valence-electron chi connectivity index (χ1n) is 9.97. The minimum absolute atomic E-state index is 0.0806. The largest absolute Gasteiger partial charge is 0.496 e. The molecule has 4 rings (SSSR count). The van der Waals surface area contributed by atoms with Gasteiger partial charge >= 0.3 is 12.0 Å². The fourth-order valence-electron chi connectivity index (χ4n) is 4.35. The number of hydrogen-bond acceptors (Lipinski definition) is 7. The number of methoxy groups -OCH3 is 2. The number of urea groups is 1. The summed E-state index contributed by atoms with van der Waals surface area (Å²) in [5, 5.41) is 0. The molecule has 32 heavy (non-hydrogen) atoms. The van der Waals surface area contributed by atoms with Gasteiger partial charge in [-0.15, -0.1) is 11.8 Å². The quantitative estimate of drug-likeness (QED) is 0.360. The van der Waals surface area contributed by atoms with Crippen molar-refractivity contribution in [2.45, 2.75) is 23.5 Å². The van der Waals surface area contributed by atoms with E-state index < -0.39 is 27.9 Å². The number of carbonyl (C=O) groups excluding carboxylic acids is 2. The van der Waals surface area contributed by atoms with Crippen LogP contribution in [0.3, 0.4) is 0 Å². The van der Waals surface area contributed by atoms with Gasteiger partial charge < -0.3 is 14.4 Å². The van der Waals surface area contributed by atoms with E-state index >= 15 is 0 Å². The number of benzene rings is 2. The minimum Gasteiger partial charge on any atom is -0.496 e. The molecule has 0 bridgehead atoms. The number of nitrogens with zero attached hydrogens (tertiary/aromatic N) is 2. The molecule has 2 saturated heterocycles. The molecule has 0 radical (unpaired) electrons. The average molecular weight is 477 g/mol. The summed E-state index contributed by atoms with van der Waals surface area (Å²) in [6, 6.07) is 11.1. The molecule has 2 fully saturated rings. The molecule has 2 amide bonds. The van der Waals surface area contributed by atoms with Crippen LogP contribution in [0.2, 0.25) is 0 Å². The Labute approximate surface area is 191 Å². The lowest BCUT2D eigenvalue weighted by molar-refractivity contribution is 0.0600. The Morgan fingerprint density at radius 1 is 1.12 bits per heavy atom. The van der Waals surface area contributed by atoms with Gasteiger partial charge in [0.15, 0.2) is 9.84 Å². The highest BCUT2D eigenvalue weighted by Gasteiger charge is 2.54. The van der Waals surface area contributed by atoms with Crippen molar-refractivity contribution in [2.24, 2.45) is 0 Å². The molecule has 0 saturated carbocycles. The zero-order valence-electron chi connectivity index (χ0n) is 18.0. The number of thioether (sulfide) groups is 1. The summed E-state index contributed by atoms with van der Waals surface area (Å²) in [4.78, 5) is 29.7. The predicted molar refractivity (Wildman–Crippen MR) is 122 cm³/mol. The lowest BCUT2D eigenvalue weighted by atomic mass is 10.1. The Kier molecular flexibility index (Phi) is 6.09. The summed E-state index contributed by atoms with van der Waals surface area (Å²) in [7, 11) is -0.496. The highest BCUT2D eigenvalue weighted by atomic mass is 32.2. The predicted octanol–water partition coefficient (Wildman–Crippen LogP) is 2.81. The molecule has 8 nitrogen and oxygen atoms in total. The second-order valence-corrected chi connectivity index (χ2v) is 10.7. The standard InChI is InChI=1S/C22H24N2O6S2/c1-29-20-8-7-14(21(25)30-2)9-15(20)11-23-18-12-32(27,28)13-19(18)24(22(23)26)16-5-4-6-17(10-16)31-3/h4-10,18-19H,11-13H2,1-3H3/t18-,19+/m1/s1. The van der Waals surface area contributed by atoms with Crippen LogP contribution in [0.4, 0.5) is 10.5 Å². The lowest BCUT2D eigenvalue weighted by Gasteiger charge is -2.24. The fourth-order valence-corrected chi connectivity index (χ4v) is 6.76. The Bertz CT molecular complexity index is 1170. The van der Waals surface area contributed by atoms with Crippen molar-refractivity contribution in [3.05, 3.63) is 53.6 Å². The van der Waals surface area contributed by atoms with Crippen LogP contribution in [-0.4, -0.2) is 69.4 Å². The third-order valence-corrected chi connectivity index (χ3v) is 8.28. The molecular formula is C22H24N2O6S2. The summed E-state index contributed by atoms with van der Waals surface area (Å²) in [5.41, 5.74) is 1.60. The van der Waals surface area contributed by atoms with Crippen molar-refractivity contribution in [3.8, 4) is 5.75 Å². The van der Waals surface area contributed by atoms with Crippen LogP contribution in [-0.2, 0) is 21.1 Å². The van der Waals surface area contributed by atoms with Crippen LogP contribution in [0.5, 0.6) is 5.75 Å². The maximum absolute atomic E-state index is 13.5. The number of fused-ring (bicyclic) bond motifs is 1. The highest BCUT2D eigenvalue weighted by Crippen LogP contribution is 2.38. The number of rotatable bonds is 6. The summed E-state index contributed by atoms with van der Waals surface area (Å²) in [6.07, 6.45) is 1.95. The zero-order chi connectivity index (χ0) is 23.0. The SMILES string of the molecule is COC(=O)c1ccc(OC)c(CN2C(=O)N(c3cccc(SC)c3)[C@H]3CS(=O)(=O)C[C@H]32)c1. The molecule has 2 aliphatic rings. The molecule has 2 aromatic rings. The van der Waals surface area contributed by atoms with Crippen LogP contribution in [0.1, 0.15) is 15.9 Å². The van der Waals surface area contributed by atoms with Crippen molar-refractivity contribution in [2.75, 3.05) is 36.9 Å². The first-order chi connectivity index (χ1) is 15.3. The molecule has 2 heterocycles. The highest BCUT2D eigenvalue weighted by molar-refractivity contribution is 7.98. The molecule has 2 aromatic carbocycles. The Hall–Kier alpha value is -2.72. The van der Waals surface area contributed by atoms with E-state index in [9.17, 15) is 18.0 Å². The van der Waals surface area contributed by atoms with Gasteiger partial charge in [-0.1, -0.05) is 6.07 Å². The molecule has 2 atom stereocenters. The molecule has 0 spiro atoms. The van der Waals surface area contributed by atoms with Gasteiger partial charge in [-0.05, 0) is 42.7 Å². The van der Waals surface area contributed by atoms with Crippen LogP contribution in [0.15, 0.2) is 47.4 Å². The molecule has 170 valence electrons. The van der Waals surface area contributed by atoms with Crippen LogP contribution in [0, 0.1) is 0 Å². The number of esters is 1. The summed E-state index contributed by atoms with van der Waals surface area (Å²) in [5.74, 6) is -0.173. The summed E-state index contributed by atoms with van der Waals surface area (Å²) >= 11 is 1.55. The average Bonchev–Trinajstić information content (AvgIpc) is 3.22. The summed E-state index contributed by atoms with van der Waals surface area (Å²) < 4.78 is 35.2. The Morgan fingerprint density at radius 2 is 1.88 bits per heavy atom. The van der Waals surface area contributed by atoms with Gasteiger partial charge in [0, 0.05) is 16.1 Å². The molecule has 0 aromatic heterocycles. The van der Waals surface area contributed by atoms with Crippen molar-refractivity contribution in [3.63, 3.8) is 0 Å². The molecule has 0 aliphatic carbocycles. The third-order valence-electron chi connectivity index (χ3n) is 5.85. The number of ether oxygens (including phenoxy) is 2. The van der Waals surface area contributed by atoms with Crippen molar-refractivity contribution < 1.29 is 27.5 Å². The Morgan fingerprint density at radius 3 is 2.56 bits per heavy atom. The third kappa shape index (κ3) is 4.04. The first-order valence-corrected chi connectivity index (χ1v) is 13.0. The monoisotopic (exact) mass is 476 g/mol. The molecule has 2 aliphatic heterocycles. The molecule has 0 N–H and O–H groups in total. The van der Waals surface area contributed by atoms with Crippen molar-refractivity contribution >= 4 is 39.3 Å².